The van der Waals surface area contributed by atoms with Crippen LogP contribution < -0.4 is 0 Å². The highest BCUT2D eigenvalue weighted by atomic mass is 32.2. The molecule has 1 fully saturated rings. The summed E-state index contributed by atoms with van der Waals surface area (Å²) < 4.78 is 28.3. The van der Waals surface area contributed by atoms with Gasteiger partial charge in [-0.3, -0.25) is 0 Å². The highest BCUT2D eigenvalue weighted by Crippen LogP contribution is 2.37. The van der Waals surface area contributed by atoms with Crippen LogP contribution in [0.25, 0.3) is 0 Å². The minimum atomic E-state index is -3.58. The maximum Gasteiger partial charge on any atom is 0.245 e. The number of aromatic nitrogens is 1. The molecule has 20 heavy (non-hydrogen) atoms. The fourth-order valence-corrected chi connectivity index (χ4v) is 3.60. The van der Waals surface area contributed by atoms with Crippen molar-refractivity contribution >= 4 is 10.0 Å². The lowest BCUT2D eigenvalue weighted by Gasteiger charge is -2.17. The summed E-state index contributed by atoms with van der Waals surface area (Å²) in [5, 5.41) is 9.36. The average molecular weight is 296 g/mol. The van der Waals surface area contributed by atoms with E-state index in [4.69, 9.17) is 0 Å². The average Bonchev–Trinajstić information content (AvgIpc) is 3.17. The Morgan fingerprint density at radius 1 is 1.35 bits per heavy atom. The van der Waals surface area contributed by atoms with Gasteiger partial charge in [0.25, 0.3) is 0 Å². The Balaban J connectivity index is 2.36. The Bertz CT molecular complexity index is 590. The first-order valence-corrected chi connectivity index (χ1v) is 8.02. The topological polar surface area (TPSA) is 62.5 Å². The van der Waals surface area contributed by atoms with Crippen LogP contribution in [0.3, 0.4) is 0 Å². The van der Waals surface area contributed by atoms with Gasteiger partial charge in [0, 0.05) is 31.0 Å². The molecule has 1 aromatic heterocycles. The molecule has 1 aromatic rings. The van der Waals surface area contributed by atoms with E-state index in [1.807, 2.05) is 4.57 Å². The molecule has 0 aromatic carbocycles. The van der Waals surface area contributed by atoms with E-state index in [0.29, 0.717) is 11.7 Å². The summed E-state index contributed by atoms with van der Waals surface area (Å²) in [4.78, 5) is 0.220. The summed E-state index contributed by atoms with van der Waals surface area (Å²) >= 11 is 0. The van der Waals surface area contributed by atoms with Crippen LogP contribution in [-0.4, -0.2) is 35.5 Å². The molecule has 1 N–H and O–H groups in total. The zero-order chi connectivity index (χ0) is 14.8. The first-order valence-electron chi connectivity index (χ1n) is 6.58. The first-order chi connectivity index (χ1) is 9.54. The molecule has 5 nitrogen and oxygen atoms in total. The van der Waals surface area contributed by atoms with Gasteiger partial charge in [-0.2, -0.15) is 4.31 Å². The molecular formula is C14H20N2O3S. The van der Waals surface area contributed by atoms with Gasteiger partial charge in [0.2, 0.25) is 10.0 Å². The third-order valence-corrected chi connectivity index (χ3v) is 5.11. The van der Waals surface area contributed by atoms with E-state index in [1.54, 1.807) is 24.4 Å². The normalized spacial score (nSPS) is 15.5. The Kier molecular flexibility index (Phi) is 4.47. The van der Waals surface area contributed by atoms with Crippen molar-refractivity contribution in [3.05, 3.63) is 43.3 Å². The molecule has 0 aliphatic heterocycles. The summed E-state index contributed by atoms with van der Waals surface area (Å²) in [6, 6.07) is 1.88. The van der Waals surface area contributed by atoms with Gasteiger partial charge < -0.3 is 9.67 Å². The quantitative estimate of drug-likeness (QED) is 0.742. The second kappa shape index (κ2) is 5.95. The van der Waals surface area contributed by atoms with Gasteiger partial charge in [-0.1, -0.05) is 12.2 Å². The lowest BCUT2D eigenvalue weighted by molar-refractivity contribution is 0.270. The van der Waals surface area contributed by atoms with Gasteiger partial charge in [-0.15, -0.1) is 13.2 Å². The molecule has 0 atom stereocenters. The second-order valence-electron chi connectivity index (χ2n) is 4.86. The standard InChI is InChI=1S/C14H20N2O3S/c1-3-7-15(8-4-2)20(18,19)14-9-13(11-17)16(10-14)12-5-6-12/h3-4,9-10,12,17H,1-2,5-8,11H2. The maximum atomic E-state index is 12.6. The molecule has 0 bridgehead atoms. The number of sulfonamides is 1. The monoisotopic (exact) mass is 296 g/mol. The van der Waals surface area contributed by atoms with E-state index < -0.39 is 10.0 Å². The van der Waals surface area contributed by atoms with Crippen LogP contribution in [-0.2, 0) is 16.6 Å². The third-order valence-electron chi connectivity index (χ3n) is 3.31. The number of hydrogen-bond acceptors (Lipinski definition) is 3. The van der Waals surface area contributed by atoms with Crippen LogP contribution in [0.2, 0.25) is 0 Å². The predicted octanol–water partition coefficient (Wildman–Crippen LogP) is 1.68. The minimum absolute atomic E-state index is 0.158. The maximum absolute atomic E-state index is 12.6. The SMILES string of the molecule is C=CCN(CC=C)S(=O)(=O)c1cc(CO)n(C2CC2)c1. The van der Waals surface area contributed by atoms with Gasteiger partial charge in [-0.05, 0) is 18.9 Å². The molecule has 0 unspecified atom stereocenters. The number of rotatable bonds is 8. The molecule has 0 spiro atoms. The lowest BCUT2D eigenvalue weighted by atomic mass is 10.4. The largest absolute Gasteiger partial charge is 0.390 e. The van der Waals surface area contributed by atoms with Crippen LogP contribution in [0.5, 0.6) is 0 Å². The van der Waals surface area contributed by atoms with E-state index in [2.05, 4.69) is 13.2 Å². The predicted molar refractivity (Wildman–Crippen MR) is 77.8 cm³/mol. The Hall–Kier alpha value is -1.37. The first kappa shape index (κ1) is 15.0. The van der Waals surface area contributed by atoms with Crippen LogP contribution in [0, 0.1) is 0 Å². The third kappa shape index (κ3) is 2.87. The fourth-order valence-electron chi connectivity index (χ4n) is 2.16. The summed E-state index contributed by atoms with van der Waals surface area (Å²) in [6.45, 7) is 7.47. The van der Waals surface area contributed by atoms with Gasteiger partial charge in [0.1, 0.15) is 4.90 Å². The second-order valence-corrected chi connectivity index (χ2v) is 6.80. The molecule has 0 radical (unpaired) electrons. The summed E-state index contributed by atoms with van der Waals surface area (Å²) in [5.41, 5.74) is 0.642. The lowest BCUT2D eigenvalue weighted by Crippen LogP contribution is -2.31. The minimum Gasteiger partial charge on any atom is -0.390 e. The van der Waals surface area contributed by atoms with Crippen LogP contribution in [0.1, 0.15) is 24.6 Å². The van der Waals surface area contributed by atoms with E-state index in [1.165, 1.54) is 4.31 Å². The van der Waals surface area contributed by atoms with E-state index >= 15 is 0 Å². The Labute approximate surface area is 119 Å². The van der Waals surface area contributed by atoms with E-state index in [9.17, 15) is 13.5 Å². The van der Waals surface area contributed by atoms with Crippen LogP contribution in [0.4, 0.5) is 0 Å². The molecule has 6 heteroatoms. The van der Waals surface area contributed by atoms with Crippen molar-refractivity contribution < 1.29 is 13.5 Å². The molecular weight excluding hydrogens is 276 g/mol. The van der Waals surface area contributed by atoms with Crippen molar-refractivity contribution in [3.8, 4) is 0 Å². The van der Waals surface area contributed by atoms with E-state index in [0.717, 1.165) is 12.8 Å². The van der Waals surface area contributed by atoms with Crippen molar-refractivity contribution in [3.63, 3.8) is 0 Å². The highest BCUT2D eigenvalue weighted by molar-refractivity contribution is 7.89. The summed E-state index contributed by atoms with van der Waals surface area (Å²) in [7, 11) is -3.58. The smallest absolute Gasteiger partial charge is 0.245 e. The van der Waals surface area contributed by atoms with Gasteiger partial charge in [-0.25, -0.2) is 8.42 Å². The van der Waals surface area contributed by atoms with Crippen molar-refractivity contribution in [2.45, 2.75) is 30.4 Å². The molecule has 1 heterocycles. The molecule has 110 valence electrons. The summed E-state index contributed by atoms with van der Waals surface area (Å²) in [6.07, 6.45) is 6.78. The fraction of sp³-hybridized carbons (Fsp3) is 0.429. The van der Waals surface area contributed by atoms with Crippen LogP contribution in [0.15, 0.2) is 42.5 Å². The van der Waals surface area contributed by atoms with Crippen molar-refractivity contribution in [1.29, 1.82) is 0 Å². The van der Waals surface area contributed by atoms with Gasteiger partial charge >= 0.3 is 0 Å². The van der Waals surface area contributed by atoms with Crippen LogP contribution >= 0.6 is 0 Å². The molecule has 1 saturated carbocycles. The Morgan fingerprint density at radius 2 is 1.95 bits per heavy atom. The number of aliphatic hydroxyl groups excluding tert-OH is 1. The molecule has 2 rings (SSSR count). The van der Waals surface area contributed by atoms with Gasteiger partial charge in [0.15, 0.2) is 0 Å². The Morgan fingerprint density at radius 3 is 2.40 bits per heavy atom. The number of hydrogen-bond donors (Lipinski definition) is 1. The zero-order valence-corrected chi connectivity index (χ0v) is 12.2. The van der Waals surface area contributed by atoms with Crippen molar-refractivity contribution in [2.75, 3.05) is 13.1 Å². The highest BCUT2D eigenvalue weighted by Gasteiger charge is 2.30. The molecule has 1 aliphatic rings. The number of nitrogens with zero attached hydrogens (tertiary/aromatic N) is 2. The van der Waals surface area contributed by atoms with Crippen molar-refractivity contribution in [1.82, 2.24) is 8.87 Å². The number of aliphatic hydroxyl groups is 1. The molecule has 1 aliphatic carbocycles. The molecule has 0 amide bonds. The zero-order valence-electron chi connectivity index (χ0n) is 11.4. The molecule has 0 saturated heterocycles. The summed E-state index contributed by atoms with van der Waals surface area (Å²) in [5.74, 6) is 0. The van der Waals surface area contributed by atoms with E-state index in [-0.39, 0.29) is 24.6 Å². The van der Waals surface area contributed by atoms with Crippen molar-refractivity contribution in [2.24, 2.45) is 0 Å². The van der Waals surface area contributed by atoms with Gasteiger partial charge in [0.05, 0.1) is 6.61 Å².